The van der Waals surface area contributed by atoms with E-state index in [1.54, 1.807) is 9.80 Å². The third-order valence-electron chi connectivity index (χ3n) is 4.19. The molecule has 0 aliphatic carbocycles. The van der Waals surface area contributed by atoms with E-state index in [4.69, 9.17) is 4.74 Å². The largest absolute Gasteiger partial charge is 0.449 e. The minimum absolute atomic E-state index is 0.143. The summed E-state index contributed by atoms with van der Waals surface area (Å²) < 4.78 is 5.25. The molecule has 2 amide bonds. The average molecular weight is 327 g/mol. The van der Waals surface area contributed by atoms with Crippen LogP contribution < -0.4 is 0 Å². The van der Waals surface area contributed by atoms with Gasteiger partial charge >= 0.3 is 6.09 Å². The van der Waals surface area contributed by atoms with E-state index in [1.807, 2.05) is 41.7 Å². The van der Waals surface area contributed by atoms with Crippen LogP contribution in [0.5, 0.6) is 0 Å². The molecule has 1 aliphatic rings. The minimum atomic E-state index is -0.220. The first-order valence-corrected chi connectivity index (χ1v) is 8.52. The van der Waals surface area contributed by atoms with E-state index in [0.29, 0.717) is 32.0 Å². The molecule has 1 rings (SSSR count). The molecule has 6 nitrogen and oxygen atoms in total. The normalized spacial score (nSPS) is 16.6. The van der Waals surface area contributed by atoms with E-state index >= 15 is 0 Å². The van der Waals surface area contributed by atoms with Crippen LogP contribution in [0.1, 0.15) is 41.0 Å². The molecular weight excluding hydrogens is 294 g/mol. The number of carbonyl (C=O) groups excluding carboxylic acids is 2. The molecule has 0 atom stereocenters. The van der Waals surface area contributed by atoms with Gasteiger partial charge in [0.2, 0.25) is 5.91 Å². The molecule has 134 valence electrons. The highest BCUT2D eigenvalue weighted by molar-refractivity contribution is 5.76. The lowest BCUT2D eigenvalue weighted by Crippen LogP contribution is -2.50. The fourth-order valence-electron chi connectivity index (χ4n) is 2.28. The molecule has 6 heteroatoms. The summed E-state index contributed by atoms with van der Waals surface area (Å²) in [6.07, 6.45) is 0.299. The first-order chi connectivity index (χ1) is 10.6. The lowest BCUT2D eigenvalue weighted by molar-refractivity contribution is -0.134. The standard InChI is InChI=1S/C17H33N3O3/c1-14(2)13-23-16(22)20-11-9-19(10-12-20)8-7-15(21)18(6)17(3,4)5/h14H,7-13H2,1-6H3. The van der Waals surface area contributed by atoms with Crippen LogP contribution in [0.3, 0.4) is 0 Å². The number of carbonyl (C=O) groups is 2. The van der Waals surface area contributed by atoms with Gasteiger partial charge in [0.15, 0.2) is 0 Å². The maximum atomic E-state index is 12.2. The van der Waals surface area contributed by atoms with Gasteiger partial charge in [-0.2, -0.15) is 0 Å². The number of piperazine rings is 1. The lowest BCUT2D eigenvalue weighted by Gasteiger charge is -2.35. The summed E-state index contributed by atoms with van der Waals surface area (Å²) in [6.45, 7) is 14.3. The Balaban J connectivity index is 2.29. The third kappa shape index (κ3) is 6.77. The van der Waals surface area contributed by atoms with Crippen molar-refractivity contribution in [1.29, 1.82) is 0 Å². The van der Waals surface area contributed by atoms with Gasteiger partial charge in [-0.1, -0.05) is 13.8 Å². The van der Waals surface area contributed by atoms with E-state index in [2.05, 4.69) is 4.90 Å². The van der Waals surface area contributed by atoms with Crippen molar-refractivity contribution in [1.82, 2.24) is 14.7 Å². The Morgan fingerprint density at radius 3 is 2.17 bits per heavy atom. The zero-order valence-electron chi connectivity index (χ0n) is 15.6. The van der Waals surface area contributed by atoms with Crippen LogP contribution in [-0.4, -0.2) is 78.6 Å². The van der Waals surface area contributed by atoms with Crippen molar-refractivity contribution < 1.29 is 14.3 Å². The molecule has 0 aromatic rings. The highest BCUT2D eigenvalue weighted by Gasteiger charge is 2.25. The van der Waals surface area contributed by atoms with Crippen molar-refractivity contribution >= 4 is 12.0 Å². The van der Waals surface area contributed by atoms with Crippen LogP contribution in [-0.2, 0) is 9.53 Å². The quantitative estimate of drug-likeness (QED) is 0.775. The van der Waals surface area contributed by atoms with Crippen LogP contribution in [0.25, 0.3) is 0 Å². The van der Waals surface area contributed by atoms with Crippen molar-refractivity contribution in [2.75, 3.05) is 46.4 Å². The summed E-state index contributed by atoms with van der Waals surface area (Å²) >= 11 is 0. The molecule has 0 aromatic heterocycles. The summed E-state index contributed by atoms with van der Waals surface area (Å²) in [5.74, 6) is 0.516. The molecule has 1 heterocycles. The molecule has 0 radical (unpaired) electrons. The van der Waals surface area contributed by atoms with Crippen molar-refractivity contribution in [2.45, 2.75) is 46.6 Å². The SMILES string of the molecule is CC(C)COC(=O)N1CCN(CCC(=O)N(C)C(C)(C)C)CC1. The number of hydrogen-bond acceptors (Lipinski definition) is 4. The van der Waals surface area contributed by atoms with Crippen LogP contribution >= 0.6 is 0 Å². The number of ether oxygens (including phenoxy) is 1. The summed E-state index contributed by atoms with van der Waals surface area (Å²) in [6, 6.07) is 0. The van der Waals surface area contributed by atoms with Gasteiger partial charge in [0.05, 0.1) is 6.61 Å². The van der Waals surface area contributed by atoms with Gasteiger partial charge in [-0.3, -0.25) is 9.69 Å². The number of hydrogen-bond donors (Lipinski definition) is 0. The lowest BCUT2D eigenvalue weighted by atomic mass is 10.1. The van der Waals surface area contributed by atoms with Gasteiger partial charge in [-0.15, -0.1) is 0 Å². The molecule has 0 bridgehead atoms. The Labute approximate surface area is 140 Å². The van der Waals surface area contributed by atoms with E-state index in [9.17, 15) is 9.59 Å². The topological polar surface area (TPSA) is 53.1 Å². The van der Waals surface area contributed by atoms with Crippen molar-refractivity contribution in [3.8, 4) is 0 Å². The van der Waals surface area contributed by atoms with Crippen LogP contribution in [0, 0.1) is 5.92 Å². The second-order valence-electron chi connectivity index (χ2n) is 7.67. The number of rotatable bonds is 5. The predicted octanol–water partition coefficient (Wildman–Crippen LogP) is 2.04. The van der Waals surface area contributed by atoms with E-state index in [-0.39, 0.29) is 17.5 Å². The molecule has 0 spiro atoms. The van der Waals surface area contributed by atoms with Crippen molar-refractivity contribution in [3.63, 3.8) is 0 Å². The smallest absolute Gasteiger partial charge is 0.409 e. The van der Waals surface area contributed by atoms with Gasteiger partial charge in [-0.25, -0.2) is 4.79 Å². The Morgan fingerprint density at radius 1 is 1.13 bits per heavy atom. The van der Waals surface area contributed by atoms with Gasteiger partial charge in [0.25, 0.3) is 0 Å². The Kier molecular flexibility index (Phi) is 7.32. The summed E-state index contributed by atoms with van der Waals surface area (Å²) in [5, 5.41) is 0. The van der Waals surface area contributed by atoms with E-state index in [1.165, 1.54) is 0 Å². The first kappa shape index (κ1) is 19.7. The van der Waals surface area contributed by atoms with Crippen LogP contribution in [0.2, 0.25) is 0 Å². The van der Waals surface area contributed by atoms with Gasteiger partial charge in [0, 0.05) is 51.7 Å². The Bertz CT molecular complexity index is 396. The number of nitrogens with zero attached hydrogens (tertiary/aromatic N) is 3. The highest BCUT2D eigenvalue weighted by Crippen LogP contribution is 2.12. The summed E-state index contributed by atoms with van der Waals surface area (Å²) in [7, 11) is 1.85. The van der Waals surface area contributed by atoms with E-state index in [0.717, 1.165) is 19.6 Å². The van der Waals surface area contributed by atoms with Gasteiger partial charge in [-0.05, 0) is 26.7 Å². The maximum absolute atomic E-state index is 12.2. The first-order valence-electron chi connectivity index (χ1n) is 8.52. The highest BCUT2D eigenvalue weighted by atomic mass is 16.6. The molecule has 1 aliphatic heterocycles. The maximum Gasteiger partial charge on any atom is 0.409 e. The minimum Gasteiger partial charge on any atom is -0.449 e. The zero-order valence-corrected chi connectivity index (χ0v) is 15.6. The van der Waals surface area contributed by atoms with Crippen LogP contribution in [0.15, 0.2) is 0 Å². The molecule has 1 saturated heterocycles. The fourth-order valence-corrected chi connectivity index (χ4v) is 2.28. The van der Waals surface area contributed by atoms with Crippen LogP contribution in [0.4, 0.5) is 4.79 Å². The molecule has 0 aromatic carbocycles. The monoisotopic (exact) mass is 327 g/mol. The second-order valence-corrected chi connectivity index (χ2v) is 7.67. The van der Waals surface area contributed by atoms with Gasteiger partial charge < -0.3 is 14.5 Å². The molecular formula is C17H33N3O3. The van der Waals surface area contributed by atoms with E-state index < -0.39 is 0 Å². The molecule has 23 heavy (non-hydrogen) atoms. The summed E-state index contributed by atoms with van der Waals surface area (Å²) in [5.41, 5.74) is -0.143. The van der Waals surface area contributed by atoms with Crippen molar-refractivity contribution in [2.24, 2.45) is 5.92 Å². The predicted molar refractivity (Wildman–Crippen MR) is 91.3 cm³/mol. The Hall–Kier alpha value is -1.30. The fraction of sp³-hybridized carbons (Fsp3) is 0.882. The zero-order chi connectivity index (χ0) is 17.6. The molecule has 1 fully saturated rings. The van der Waals surface area contributed by atoms with Crippen molar-refractivity contribution in [3.05, 3.63) is 0 Å². The molecule has 0 unspecified atom stereocenters. The Morgan fingerprint density at radius 2 is 1.70 bits per heavy atom. The third-order valence-corrected chi connectivity index (χ3v) is 4.19. The second kappa shape index (κ2) is 8.52. The molecule has 0 N–H and O–H groups in total. The summed E-state index contributed by atoms with van der Waals surface area (Å²) in [4.78, 5) is 29.9. The average Bonchev–Trinajstić information content (AvgIpc) is 2.49. The van der Waals surface area contributed by atoms with Gasteiger partial charge in [0.1, 0.15) is 0 Å². The number of amides is 2. The molecule has 0 saturated carbocycles.